The fraction of sp³-hybridized carbons (Fsp3) is 0.714. The molecule has 1 fully saturated rings. The second-order valence-electron chi connectivity index (χ2n) is 2.71. The molecule has 2 aliphatic carbocycles. The Kier molecular flexibility index (Phi) is 1.39. The number of hydrogen-bond acceptors (Lipinski definition) is 1. The van der Waals surface area contributed by atoms with Gasteiger partial charge in [-0.3, -0.25) is 0 Å². The van der Waals surface area contributed by atoms with Gasteiger partial charge >= 0.3 is 0 Å². The molecule has 0 saturated heterocycles. The molecule has 2 rings (SSSR count). The van der Waals surface area contributed by atoms with Crippen LogP contribution < -0.4 is 6.15 Å². The largest absolute Gasteiger partial charge is 0.344 e. The molecular formula is C7H13N. The van der Waals surface area contributed by atoms with Crippen molar-refractivity contribution in [3.63, 3.8) is 0 Å². The second kappa shape index (κ2) is 1.90. The Hall–Kier alpha value is -0.300. The summed E-state index contributed by atoms with van der Waals surface area (Å²) >= 11 is 0. The van der Waals surface area contributed by atoms with Crippen LogP contribution in [0.15, 0.2) is 11.6 Å². The van der Waals surface area contributed by atoms with Gasteiger partial charge in [-0.05, 0) is 31.6 Å². The Labute approximate surface area is 50.4 Å². The average Bonchev–Trinajstić information content (AvgIpc) is 2.22. The summed E-state index contributed by atoms with van der Waals surface area (Å²) in [6.45, 7) is 0. The van der Waals surface area contributed by atoms with Gasteiger partial charge in [0.2, 0.25) is 0 Å². The molecule has 0 amide bonds. The minimum Gasteiger partial charge on any atom is -0.344 e. The highest BCUT2D eigenvalue weighted by atomic mass is 14.3. The van der Waals surface area contributed by atoms with Crippen LogP contribution in [0.3, 0.4) is 0 Å². The van der Waals surface area contributed by atoms with Crippen LogP contribution in [0.1, 0.15) is 25.7 Å². The van der Waals surface area contributed by atoms with E-state index in [1.54, 1.807) is 5.57 Å². The van der Waals surface area contributed by atoms with E-state index in [0.717, 1.165) is 5.92 Å². The lowest BCUT2D eigenvalue weighted by Crippen LogP contribution is -1.85. The summed E-state index contributed by atoms with van der Waals surface area (Å²) < 4.78 is 0. The van der Waals surface area contributed by atoms with Crippen LogP contribution in [-0.4, -0.2) is 0 Å². The van der Waals surface area contributed by atoms with Crippen molar-refractivity contribution in [2.24, 2.45) is 5.92 Å². The molecule has 8 heavy (non-hydrogen) atoms. The number of hydrogen-bond donors (Lipinski definition) is 1. The Balaban J connectivity index is 0.000000320. The molecule has 2 bridgehead atoms. The molecule has 1 saturated carbocycles. The molecule has 1 unspecified atom stereocenters. The van der Waals surface area contributed by atoms with E-state index in [4.69, 9.17) is 0 Å². The van der Waals surface area contributed by atoms with E-state index in [-0.39, 0.29) is 6.15 Å². The van der Waals surface area contributed by atoms with Crippen LogP contribution in [-0.2, 0) is 0 Å². The maximum Gasteiger partial charge on any atom is -0.0289 e. The van der Waals surface area contributed by atoms with E-state index >= 15 is 0 Å². The predicted octanol–water partition coefficient (Wildman–Crippen LogP) is 2.28. The molecule has 1 heteroatoms. The molecule has 1 nitrogen and oxygen atoms in total. The molecule has 46 valence electrons. The molecule has 0 aromatic carbocycles. The van der Waals surface area contributed by atoms with Gasteiger partial charge in [0.25, 0.3) is 0 Å². The quantitative estimate of drug-likeness (QED) is 0.478. The van der Waals surface area contributed by atoms with Crippen molar-refractivity contribution in [1.29, 1.82) is 0 Å². The first kappa shape index (κ1) is 5.83. The van der Waals surface area contributed by atoms with E-state index in [0.29, 0.717) is 0 Å². The zero-order chi connectivity index (χ0) is 4.69. The molecule has 0 aromatic rings. The first-order valence-electron chi connectivity index (χ1n) is 3.13. The highest BCUT2D eigenvalue weighted by Gasteiger charge is 2.22. The van der Waals surface area contributed by atoms with Gasteiger partial charge in [0.1, 0.15) is 0 Å². The number of rotatable bonds is 0. The van der Waals surface area contributed by atoms with Crippen LogP contribution in [0.5, 0.6) is 0 Å². The summed E-state index contributed by atoms with van der Waals surface area (Å²) in [6.07, 6.45) is 8.18. The lowest BCUT2D eigenvalue weighted by molar-refractivity contribution is 0.576. The van der Waals surface area contributed by atoms with Gasteiger partial charge in [-0.15, -0.1) is 0 Å². The first-order valence-corrected chi connectivity index (χ1v) is 3.13. The monoisotopic (exact) mass is 111 g/mol. The minimum atomic E-state index is 0. The summed E-state index contributed by atoms with van der Waals surface area (Å²) in [6, 6.07) is 0. The Morgan fingerprint density at radius 2 is 2.38 bits per heavy atom. The zero-order valence-electron chi connectivity index (χ0n) is 5.19. The first-order chi connectivity index (χ1) is 3.45. The maximum atomic E-state index is 2.42. The van der Waals surface area contributed by atoms with Crippen LogP contribution in [0, 0.1) is 5.92 Å². The van der Waals surface area contributed by atoms with E-state index in [1.165, 1.54) is 25.7 Å². The van der Waals surface area contributed by atoms with Gasteiger partial charge in [-0.1, -0.05) is 11.6 Å². The third-order valence-corrected chi connectivity index (χ3v) is 2.16. The van der Waals surface area contributed by atoms with Crippen molar-refractivity contribution < 1.29 is 0 Å². The minimum absolute atomic E-state index is 0. The summed E-state index contributed by atoms with van der Waals surface area (Å²) in [5, 5.41) is 0. The second-order valence-corrected chi connectivity index (χ2v) is 2.71. The van der Waals surface area contributed by atoms with E-state index in [9.17, 15) is 0 Å². The van der Waals surface area contributed by atoms with Crippen molar-refractivity contribution in [3.8, 4) is 0 Å². The van der Waals surface area contributed by atoms with Crippen LogP contribution in [0.2, 0.25) is 0 Å². The molecular weight excluding hydrogens is 98.1 g/mol. The normalized spacial score (nSPS) is 32.0. The number of allylic oxidation sites excluding steroid dienone is 2. The van der Waals surface area contributed by atoms with Gasteiger partial charge < -0.3 is 6.15 Å². The molecule has 3 N–H and O–H groups in total. The zero-order valence-corrected chi connectivity index (χ0v) is 5.19. The van der Waals surface area contributed by atoms with Gasteiger partial charge in [0.05, 0.1) is 0 Å². The topological polar surface area (TPSA) is 35.0 Å². The standard InChI is InChI=1S/C7H10.H3N/c1-2-7-4-3-6(1)5-7;/h1,7H,2-5H2;1H3. The van der Waals surface area contributed by atoms with Crippen molar-refractivity contribution in [3.05, 3.63) is 11.6 Å². The smallest absolute Gasteiger partial charge is 0.0289 e. The van der Waals surface area contributed by atoms with Gasteiger partial charge in [-0.2, -0.15) is 0 Å². The van der Waals surface area contributed by atoms with E-state index in [1.807, 2.05) is 0 Å². The van der Waals surface area contributed by atoms with E-state index < -0.39 is 0 Å². The SMILES string of the molecule is C1=C2CCC(C1)C2.N. The van der Waals surface area contributed by atoms with Crippen molar-refractivity contribution in [1.82, 2.24) is 6.15 Å². The lowest BCUT2D eigenvalue weighted by Gasteiger charge is -1.98. The highest BCUT2D eigenvalue weighted by molar-refractivity contribution is 5.15. The van der Waals surface area contributed by atoms with Crippen LogP contribution in [0.4, 0.5) is 0 Å². The third kappa shape index (κ3) is 0.671. The van der Waals surface area contributed by atoms with Crippen molar-refractivity contribution >= 4 is 0 Å². The predicted molar refractivity (Wildman–Crippen MR) is 35.1 cm³/mol. The molecule has 0 heterocycles. The average molecular weight is 111 g/mol. The van der Waals surface area contributed by atoms with Crippen LogP contribution >= 0.6 is 0 Å². The Morgan fingerprint density at radius 1 is 1.50 bits per heavy atom. The van der Waals surface area contributed by atoms with E-state index in [2.05, 4.69) is 6.08 Å². The lowest BCUT2D eigenvalue weighted by atomic mass is 10.1. The van der Waals surface area contributed by atoms with Crippen LogP contribution in [0.25, 0.3) is 0 Å². The van der Waals surface area contributed by atoms with Crippen molar-refractivity contribution in [2.45, 2.75) is 25.7 Å². The van der Waals surface area contributed by atoms with Gasteiger partial charge in [0, 0.05) is 0 Å². The summed E-state index contributed by atoms with van der Waals surface area (Å²) in [4.78, 5) is 0. The molecule has 0 aromatic heterocycles. The molecule has 0 radical (unpaired) electrons. The summed E-state index contributed by atoms with van der Waals surface area (Å²) in [5.74, 6) is 1.08. The Morgan fingerprint density at radius 3 is 2.50 bits per heavy atom. The Bertz CT molecular complexity index is 116. The third-order valence-electron chi connectivity index (χ3n) is 2.16. The molecule has 1 atom stereocenters. The summed E-state index contributed by atoms with van der Waals surface area (Å²) in [7, 11) is 0. The highest BCUT2D eigenvalue weighted by Crippen LogP contribution is 2.38. The molecule has 2 aliphatic rings. The van der Waals surface area contributed by atoms with Gasteiger partial charge in [-0.25, -0.2) is 0 Å². The van der Waals surface area contributed by atoms with Crippen molar-refractivity contribution in [2.75, 3.05) is 0 Å². The molecule has 0 aliphatic heterocycles. The van der Waals surface area contributed by atoms with Gasteiger partial charge in [0.15, 0.2) is 0 Å². The fourth-order valence-corrected chi connectivity index (χ4v) is 1.68. The fourth-order valence-electron chi connectivity index (χ4n) is 1.68. The maximum absolute atomic E-state index is 2.42. The molecule has 0 spiro atoms. The summed E-state index contributed by atoms with van der Waals surface area (Å²) in [5.41, 5.74) is 1.74. The number of fused-ring (bicyclic) bond motifs is 2.